The highest BCUT2D eigenvalue weighted by molar-refractivity contribution is 5.90. The molecule has 1 saturated heterocycles. The van der Waals surface area contributed by atoms with Gasteiger partial charge in [-0.2, -0.15) is 0 Å². The van der Waals surface area contributed by atoms with Crippen molar-refractivity contribution in [2.24, 2.45) is 0 Å². The van der Waals surface area contributed by atoms with Gasteiger partial charge in [-0.15, -0.1) is 0 Å². The Balaban J connectivity index is 1.90. The van der Waals surface area contributed by atoms with Gasteiger partial charge in [0.15, 0.2) is 0 Å². The molecular weight excluding hydrogens is 282 g/mol. The van der Waals surface area contributed by atoms with Crippen molar-refractivity contribution in [1.29, 1.82) is 0 Å². The average Bonchev–Trinajstić information content (AvgIpc) is 2.88. The molecule has 2 atom stereocenters. The first kappa shape index (κ1) is 16.0. The van der Waals surface area contributed by atoms with Gasteiger partial charge >= 0.3 is 0 Å². The van der Waals surface area contributed by atoms with Crippen LogP contribution in [0.3, 0.4) is 0 Å². The van der Waals surface area contributed by atoms with Crippen LogP contribution in [0.25, 0.3) is 0 Å². The molecule has 1 aliphatic heterocycles. The van der Waals surface area contributed by atoms with E-state index in [-0.39, 0.29) is 30.2 Å². The Bertz CT molecular complexity index is 559. The second-order valence-electron chi connectivity index (χ2n) is 5.49. The third-order valence-electron chi connectivity index (χ3n) is 3.84. The maximum Gasteiger partial charge on any atom is 0.242 e. The number of hydrogen-bond acceptors (Lipinski definition) is 3. The lowest BCUT2D eigenvalue weighted by atomic mass is 9.99. The Hall–Kier alpha value is -2.37. The lowest BCUT2D eigenvalue weighted by molar-refractivity contribution is -0.134. The number of likely N-dealkylation sites (tertiary alicyclic amines) is 1. The van der Waals surface area contributed by atoms with Crippen molar-refractivity contribution in [3.63, 3.8) is 0 Å². The van der Waals surface area contributed by atoms with Crippen LogP contribution in [0.1, 0.15) is 24.8 Å². The van der Waals surface area contributed by atoms with Crippen LogP contribution < -0.4 is 10.6 Å². The summed E-state index contributed by atoms with van der Waals surface area (Å²) < 4.78 is 0. The molecule has 0 aromatic heterocycles. The van der Waals surface area contributed by atoms with Crippen LogP contribution in [0.2, 0.25) is 0 Å². The first-order chi connectivity index (χ1) is 10.5. The van der Waals surface area contributed by atoms with Crippen LogP contribution in [-0.2, 0) is 14.4 Å². The summed E-state index contributed by atoms with van der Waals surface area (Å²) in [6.45, 7) is 2.13. The van der Waals surface area contributed by atoms with Crippen LogP contribution in [-0.4, -0.2) is 48.8 Å². The van der Waals surface area contributed by atoms with Gasteiger partial charge < -0.3 is 15.5 Å². The number of hydrogen-bond donors (Lipinski definition) is 2. The first-order valence-corrected chi connectivity index (χ1v) is 7.35. The largest absolute Gasteiger partial charge is 0.357 e. The molecule has 6 heteroatoms. The smallest absolute Gasteiger partial charge is 0.242 e. The summed E-state index contributed by atoms with van der Waals surface area (Å²) in [5.74, 6) is -0.490. The molecule has 2 N–H and O–H groups in total. The van der Waals surface area contributed by atoms with E-state index in [4.69, 9.17) is 0 Å². The van der Waals surface area contributed by atoms with Crippen LogP contribution >= 0.6 is 0 Å². The van der Waals surface area contributed by atoms with Crippen molar-refractivity contribution < 1.29 is 14.4 Å². The van der Waals surface area contributed by atoms with Gasteiger partial charge in [-0.3, -0.25) is 14.4 Å². The molecule has 0 radical (unpaired) electrons. The van der Waals surface area contributed by atoms with Crippen molar-refractivity contribution >= 4 is 17.7 Å². The van der Waals surface area contributed by atoms with Crippen molar-refractivity contribution in [2.45, 2.75) is 25.3 Å². The predicted molar refractivity (Wildman–Crippen MR) is 82.1 cm³/mol. The number of nitrogens with one attached hydrogen (secondary N) is 2. The molecular formula is C16H21N3O3. The van der Waals surface area contributed by atoms with E-state index in [9.17, 15) is 14.4 Å². The fourth-order valence-electron chi connectivity index (χ4n) is 2.62. The first-order valence-electron chi connectivity index (χ1n) is 7.35. The van der Waals surface area contributed by atoms with E-state index >= 15 is 0 Å². The number of amides is 3. The highest BCUT2D eigenvalue weighted by atomic mass is 16.2. The maximum absolute atomic E-state index is 12.0. The molecule has 0 unspecified atom stereocenters. The minimum Gasteiger partial charge on any atom is -0.357 e. The molecule has 1 fully saturated rings. The standard InChI is InChI=1S/C16H21N3O3/c1-11(16(22)17-2)18-14(20)10-19-9-13(8-15(19)21)12-6-4-3-5-7-12/h3-7,11,13H,8-10H2,1-2H3,(H,17,22)(H,18,20)/t11-,13+/m0/s1. The maximum atomic E-state index is 12.0. The minimum absolute atomic E-state index is 0.0104. The van der Waals surface area contributed by atoms with Crippen molar-refractivity contribution in [1.82, 2.24) is 15.5 Å². The second kappa shape index (κ2) is 7.06. The second-order valence-corrected chi connectivity index (χ2v) is 5.49. The molecule has 118 valence electrons. The summed E-state index contributed by atoms with van der Waals surface area (Å²) in [5, 5.41) is 5.05. The highest BCUT2D eigenvalue weighted by Crippen LogP contribution is 2.27. The molecule has 1 aromatic carbocycles. The summed E-state index contributed by atoms with van der Waals surface area (Å²) in [6, 6.07) is 9.20. The number of likely N-dealkylation sites (N-methyl/N-ethyl adjacent to an activating group) is 1. The van der Waals surface area contributed by atoms with Gasteiger partial charge in [0, 0.05) is 25.9 Å². The molecule has 1 heterocycles. The lowest BCUT2D eigenvalue weighted by Crippen LogP contribution is -2.47. The van der Waals surface area contributed by atoms with Crippen LogP contribution in [0, 0.1) is 0 Å². The molecule has 3 amide bonds. The van der Waals surface area contributed by atoms with Gasteiger partial charge in [0.05, 0.1) is 6.54 Å². The van der Waals surface area contributed by atoms with E-state index in [1.807, 2.05) is 30.3 Å². The van der Waals surface area contributed by atoms with Crippen molar-refractivity contribution in [3.8, 4) is 0 Å². The Labute approximate surface area is 129 Å². The molecule has 2 rings (SSSR count). The van der Waals surface area contributed by atoms with E-state index in [1.54, 1.807) is 11.8 Å². The van der Waals surface area contributed by atoms with Gasteiger partial charge in [-0.05, 0) is 12.5 Å². The predicted octanol–water partition coefficient (Wildman–Crippen LogP) is 0.253. The zero-order valence-electron chi connectivity index (χ0n) is 12.8. The van der Waals surface area contributed by atoms with Crippen LogP contribution in [0.4, 0.5) is 0 Å². The van der Waals surface area contributed by atoms with E-state index in [2.05, 4.69) is 10.6 Å². The summed E-state index contributed by atoms with van der Waals surface area (Å²) in [6.07, 6.45) is 0.419. The van der Waals surface area contributed by atoms with E-state index in [0.29, 0.717) is 13.0 Å². The Morgan fingerprint density at radius 3 is 2.64 bits per heavy atom. The Morgan fingerprint density at radius 1 is 1.32 bits per heavy atom. The topological polar surface area (TPSA) is 78.5 Å². The Kier molecular flexibility index (Phi) is 5.14. The highest BCUT2D eigenvalue weighted by Gasteiger charge is 2.31. The fraction of sp³-hybridized carbons (Fsp3) is 0.438. The lowest BCUT2D eigenvalue weighted by Gasteiger charge is -2.18. The molecule has 0 aliphatic carbocycles. The minimum atomic E-state index is -0.611. The number of carbonyl (C=O) groups excluding carboxylic acids is 3. The summed E-state index contributed by atoms with van der Waals surface area (Å²) in [5.41, 5.74) is 1.11. The summed E-state index contributed by atoms with van der Waals surface area (Å²) in [7, 11) is 1.51. The summed E-state index contributed by atoms with van der Waals surface area (Å²) >= 11 is 0. The Morgan fingerprint density at radius 2 is 2.00 bits per heavy atom. The zero-order chi connectivity index (χ0) is 16.1. The normalized spacial score (nSPS) is 18.9. The number of benzene rings is 1. The number of nitrogens with zero attached hydrogens (tertiary/aromatic N) is 1. The van der Waals surface area contributed by atoms with Gasteiger partial charge in [0.1, 0.15) is 6.04 Å². The average molecular weight is 303 g/mol. The summed E-state index contributed by atoms with van der Waals surface area (Å²) in [4.78, 5) is 36.9. The van der Waals surface area contributed by atoms with E-state index in [0.717, 1.165) is 5.56 Å². The quantitative estimate of drug-likeness (QED) is 0.818. The molecule has 6 nitrogen and oxygen atoms in total. The number of rotatable bonds is 5. The fourth-order valence-corrected chi connectivity index (χ4v) is 2.62. The van der Waals surface area contributed by atoms with Gasteiger partial charge in [-0.1, -0.05) is 30.3 Å². The van der Waals surface area contributed by atoms with E-state index in [1.165, 1.54) is 7.05 Å². The van der Waals surface area contributed by atoms with Crippen molar-refractivity contribution in [3.05, 3.63) is 35.9 Å². The van der Waals surface area contributed by atoms with Gasteiger partial charge in [0.25, 0.3) is 0 Å². The SMILES string of the molecule is CNC(=O)[C@H](C)NC(=O)CN1C[C@H](c2ccccc2)CC1=O. The molecule has 0 spiro atoms. The van der Waals surface area contributed by atoms with E-state index < -0.39 is 6.04 Å². The third-order valence-corrected chi connectivity index (χ3v) is 3.84. The monoisotopic (exact) mass is 303 g/mol. The molecule has 1 aliphatic rings. The number of carbonyl (C=O) groups is 3. The van der Waals surface area contributed by atoms with Gasteiger partial charge in [0.2, 0.25) is 17.7 Å². The molecule has 0 bridgehead atoms. The molecule has 22 heavy (non-hydrogen) atoms. The van der Waals surface area contributed by atoms with Crippen molar-refractivity contribution in [2.75, 3.05) is 20.1 Å². The zero-order valence-corrected chi connectivity index (χ0v) is 12.8. The van der Waals surface area contributed by atoms with Crippen LogP contribution in [0.5, 0.6) is 0 Å². The van der Waals surface area contributed by atoms with Crippen LogP contribution in [0.15, 0.2) is 30.3 Å². The third kappa shape index (κ3) is 3.84. The molecule has 1 aromatic rings. The molecule has 0 saturated carbocycles. The van der Waals surface area contributed by atoms with Gasteiger partial charge in [-0.25, -0.2) is 0 Å².